The van der Waals surface area contributed by atoms with Crippen LogP contribution >= 0.6 is 23.1 Å². The summed E-state index contributed by atoms with van der Waals surface area (Å²) < 4.78 is 1.10. The van der Waals surface area contributed by atoms with E-state index in [0.717, 1.165) is 15.8 Å². The van der Waals surface area contributed by atoms with Crippen molar-refractivity contribution in [1.29, 1.82) is 0 Å². The van der Waals surface area contributed by atoms with Gasteiger partial charge in [0, 0.05) is 28.9 Å². The Balaban J connectivity index is 1.74. The molecule has 5 heteroatoms. The molecule has 1 aromatic rings. The predicted molar refractivity (Wildman–Crippen MR) is 64.6 cm³/mol. The molecule has 0 saturated heterocycles. The molecule has 1 saturated carbocycles. The van der Waals surface area contributed by atoms with Gasteiger partial charge in [0.2, 0.25) is 0 Å². The molecule has 1 aromatic heterocycles. The molecule has 1 unspecified atom stereocenters. The minimum absolute atomic E-state index is 0.215. The van der Waals surface area contributed by atoms with Gasteiger partial charge in [-0.15, -0.1) is 11.3 Å². The van der Waals surface area contributed by atoms with Gasteiger partial charge in [-0.1, -0.05) is 11.8 Å². The van der Waals surface area contributed by atoms with E-state index in [4.69, 9.17) is 0 Å². The Morgan fingerprint density at radius 3 is 3.07 bits per heavy atom. The number of nitrogens with one attached hydrogen (secondary N) is 1. The minimum atomic E-state index is 0.215. The average molecular weight is 244 g/mol. The van der Waals surface area contributed by atoms with E-state index in [0.29, 0.717) is 6.04 Å². The van der Waals surface area contributed by atoms with E-state index in [2.05, 4.69) is 15.7 Å². The van der Waals surface area contributed by atoms with Crippen molar-refractivity contribution in [2.75, 3.05) is 12.4 Å². The van der Waals surface area contributed by atoms with E-state index >= 15 is 0 Å². The Bertz CT molecular complexity index is 312. The van der Waals surface area contributed by atoms with Gasteiger partial charge >= 0.3 is 0 Å². The highest BCUT2D eigenvalue weighted by molar-refractivity contribution is 8.01. The van der Waals surface area contributed by atoms with Crippen LogP contribution in [0.2, 0.25) is 0 Å². The monoisotopic (exact) mass is 244 g/mol. The molecule has 84 valence electrons. The highest BCUT2D eigenvalue weighted by Crippen LogP contribution is 2.24. The van der Waals surface area contributed by atoms with Crippen LogP contribution < -0.4 is 5.32 Å². The van der Waals surface area contributed by atoms with Gasteiger partial charge in [0.25, 0.3) is 0 Å². The second-order valence-corrected chi connectivity index (χ2v) is 6.01. The van der Waals surface area contributed by atoms with Crippen LogP contribution in [0.4, 0.5) is 0 Å². The van der Waals surface area contributed by atoms with Crippen LogP contribution in [0, 0.1) is 6.92 Å². The Labute approximate surface area is 98.3 Å². The molecule has 0 spiro atoms. The average Bonchev–Trinajstić information content (AvgIpc) is 2.95. The summed E-state index contributed by atoms with van der Waals surface area (Å²) in [5.41, 5.74) is 1.08. The quantitative estimate of drug-likeness (QED) is 0.747. The van der Waals surface area contributed by atoms with E-state index in [1.807, 2.05) is 6.92 Å². The van der Waals surface area contributed by atoms with Gasteiger partial charge in [-0.2, -0.15) is 0 Å². The lowest BCUT2D eigenvalue weighted by molar-refractivity contribution is 0.253. The molecule has 1 atom stereocenters. The van der Waals surface area contributed by atoms with Crippen molar-refractivity contribution in [3.63, 3.8) is 0 Å². The van der Waals surface area contributed by atoms with Gasteiger partial charge in [0.05, 0.1) is 6.61 Å². The summed E-state index contributed by atoms with van der Waals surface area (Å²) in [6.45, 7) is 2.22. The van der Waals surface area contributed by atoms with Gasteiger partial charge < -0.3 is 10.4 Å². The summed E-state index contributed by atoms with van der Waals surface area (Å²) in [4.78, 5) is 4.38. The third-order valence-electron chi connectivity index (χ3n) is 2.28. The first-order chi connectivity index (χ1) is 7.28. The number of nitrogens with zero attached hydrogens (tertiary/aromatic N) is 1. The molecule has 1 aliphatic rings. The summed E-state index contributed by atoms with van der Waals surface area (Å²) >= 11 is 3.41. The van der Waals surface area contributed by atoms with E-state index in [9.17, 15) is 5.11 Å². The molecule has 3 nitrogen and oxygen atoms in total. The number of thiazole rings is 1. The zero-order valence-electron chi connectivity index (χ0n) is 8.77. The third kappa shape index (κ3) is 3.75. The number of hydrogen-bond donors (Lipinski definition) is 2. The van der Waals surface area contributed by atoms with Crippen molar-refractivity contribution in [1.82, 2.24) is 10.3 Å². The molecule has 2 N–H and O–H groups in total. The van der Waals surface area contributed by atoms with Crippen LogP contribution in [0.5, 0.6) is 0 Å². The summed E-state index contributed by atoms with van der Waals surface area (Å²) in [7, 11) is 0. The lowest BCUT2D eigenvalue weighted by Gasteiger charge is -2.14. The van der Waals surface area contributed by atoms with Crippen LogP contribution in [0.3, 0.4) is 0 Å². The fourth-order valence-corrected chi connectivity index (χ4v) is 3.20. The fourth-order valence-electron chi connectivity index (χ4n) is 1.31. The third-order valence-corrected chi connectivity index (χ3v) is 4.58. The zero-order valence-corrected chi connectivity index (χ0v) is 10.4. The second kappa shape index (κ2) is 5.30. The van der Waals surface area contributed by atoms with Crippen molar-refractivity contribution in [2.45, 2.75) is 36.2 Å². The van der Waals surface area contributed by atoms with Crippen LogP contribution in [0.15, 0.2) is 9.72 Å². The number of aliphatic hydroxyl groups is 1. The van der Waals surface area contributed by atoms with Crippen molar-refractivity contribution in [3.05, 3.63) is 11.1 Å². The SMILES string of the molecule is Cc1csc(SCC(CO)NC2CC2)n1. The molecule has 15 heavy (non-hydrogen) atoms. The van der Waals surface area contributed by atoms with Gasteiger partial charge in [-0.3, -0.25) is 0 Å². The standard InChI is InChI=1S/C10H16N2OS2/c1-7-5-14-10(11-7)15-6-9(4-13)12-8-2-3-8/h5,8-9,12-13H,2-4,6H2,1H3. The number of thioether (sulfide) groups is 1. The second-order valence-electron chi connectivity index (χ2n) is 3.89. The Hall–Kier alpha value is -0.100. The van der Waals surface area contributed by atoms with Crippen molar-refractivity contribution >= 4 is 23.1 Å². The van der Waals surface area contributed by atoms with E-state index in [1.54, 1.807) is 23.1 Å². The molecule has 0 amide bonds. The van der Waals surface area contributed by atoms with Crippen molar-refractivity contribution < 1.29 is 5.11 Å². The van der Waals surface area contributed by atoms with E-state index < -0.39 is 0 Å². The summed E-state index contributed by atoms with van der Waals surface area (Å²) in [6, 6.07) is 0.868. The maximum Gasteiger partial charge on any atom is 0.150 e. The molecule has 0 aliphatic heterocycles. The largest absolute Gasteiger partial charge is 0.395 e. The van der Waals surface area contributed by atoms with Gasteiger partial charge in [0.1, 0.15) is 4.34 Å². The summed E-state index contributed by atoms with van der Waals surface area (Å²) in [5.74, 6) is 0.903. The lowest BCUT2D eigenvalue weighted by atomic mass is 10.3. The molecular weight excluding hydrogens is 228 g/mol. The van der Waals surface area contributed by atoms with Crippen LogP contribution in [-0.4, -0.2) is 34.5 Å². The normalized spacial score (nSPS) is 18.0. The molecule has 1 aliphatic carbocycles. The maximum atomic E-state index is 9.19. The predicted octanol–water partition coefficient (Wildman–Crippen LogP) is 1.66. The lowest BCUT2D eigenvalue weighted by Crippen LogP contribution is -2.36. The Morgan fingerprint density at radius 2 is 2.53 bits per heavy atom. The van der Waals surface area contributed by atoms with E-state index in [1.165, 1.54) is 12.8 Å². The molecular formula is C10H16N2OS2. The number of aliphatic hydroxyl groups excluding tert-OH is 1. The molecule has 0 bridgehead atoms. The first-order valence-electron chi connectivity index (χ1n) is 5.20. The Morgan fingerprint density at radius 1 is 1.73 bits per heavy atom. The first-order valence-corrected chi connectivity index (χ1v) is 7.06. The molecule has 1 heterocycles. The van der Waals surface area contributed by atoms with Gasteiger partial charge in [0.15, 0.2) is 0 Å². The topological polar surface area (TPSA) is 45.1 Å². The zero-order chi connectivity index (χ0) is 10.7. The van der Waals surface area contributed by atoms with Crippen molar-refractivity contribution in [2.24, 2.45) is 0 Å². The van der Waals surface area contributed by atoms with Crippen LogP contribution in [0.1, 0.15) is 18.5 Å². The molecule has 0 aromatic carbocycles. The summed E-state index contributed by atoms with van der Waals surface area (Å²) in [6.07, 6.45) is 2.52. The van der Waals surface area contributed by atoms with Crippen LogP contribution in [-0.2, 0) is 0 Å². The number of aromatic nitrogens is 1. The van der Waals surface area contributed by atoms with Crippen LogP contribution in [0.25, 0.3) is 0 Å². The number of aryl methyl sites for hydroxylation is 1. The smallest absolute Gasteiger partial charge is 0.150 e. The molecule has 1 fully saturated rings. The number of hydrogen-bond acceptors (Lipinski definition) is 5. The highest BCUT2D eigenvalue weighted by atomic mass is 32.2. The molecule has 0 radical (unpaired) electrons. The van der Waals surface area contributed by atoms with Gasteiger partial charge in [-0.25, -0.2) is 4.98 Å². The van der Waals surface area contributed by atoms with Gasteiger partial charge in [-0.05, 0) is 19.8 Å². The fraction of sp³-hybridized carbons (Fsp3) is 0.700. The Kier molecular flexibility index (Phi) is 4.02. The maximum absolute atomic E-state index is 9.19. The minimum Gasteiger partial charge on any atom is -0.395 e. The number of rotatable bonds is 6. The van der Waals surface area contributed by atoms with Crippen molar-refractivity contribution in [3.8, 4) is 0 Å². The first kappa shape index (κ1) is 11.4. The highest BCUT2D eigenvalue weighted by Gasteiger charge is 2.24. The van der Waals surface area contributed by atoms with E-state index in [-0.39, 0.29) is 12.6 Å². The molecule has 2 rings (SSSR count). The summed E-state index contributed by atoms with van der Waals surface area (Å²) in [5, 5.41) is 14.7.